The van der Waals surface area contributed by atoms with E-state index >= 15 is 0 Å². The van der Waals surface area contributed by atoms with Crippen molar-refractivity contribution in [2.75, 3.05) is 6.54 Å². The molecular formula is C15H25N3. The summed E-state index contributed by atoms with van der Waals surface area (Å²) in [6.07, 6.45) is 7.05. The van der Waals surface area contributed by atoms with Crippen LogP contribution in [-0.2, 0) is 6.54 Å². The molecule has 3 rings (SSSR count). The van der Waals surface area contributed by atoms with Crippen LogP contribution in [0.5, 0.6) is 0 Å². The second-order valence-corrected chi connectivity index (χ2v) is 6.16. The molecule has 0 aromatic carbocycles. The van der Waals surface area contributed by atoms with Gasteiger partial charge in [0.25, 0.3) is 0 Å². The molecule has 1 N–H and O–H groups in total. The van der Waals surface area contributed by atoms with Crippen molar-refractivity contribution in [3.63, 3.8) is 0 Å². The summed E-state index contributed by atoms with van der Waals surface area (Å²) in [5.41, 5.74) is 2.42. The van der Waals surface area contributed by atoms with Gasteiger partial charge in [-0.2, -0.15) is 5.10 Å². The van der Waals surface area contributed by atoms with Gasteiger partial charge in [0.1, 0.15) is 0 Å². The van der Waals surface area contributed by atoms with E-state index < -0.39 is 0 Å². The quantitative estimate of drug-likeness (QED) is 0.751. The Balaban J connectivity index is 1.40. The topological polar surface area (TPSA) is 29.9 Å². The molecule has 0 atom stereocenters. The van der Waals surface area contributed by atoms with Crippen LogP contribution in [0.4, 0.5) is 0 Å². The first-order chi connectivity index (χ1) is 8.74. The first-order valence-corrected chi connectivity index (χ1v) is 7.48. The standard InChI is InChI=1S/C15H25N3/c1-11-10-12(2)18(17-11)9-3-8-16-15(13-4-5-13)14-6-7-14/h10,13-16H,3-9H2,1-2H3. The Morgan fingerprint density at radius 3 is 2.44 bits per heavy atom. The monoisotopic (exact) mass is 247 g/mol. The Kier molecular flexibility index (Phi) is 3.42. The van der Waals surface area contributed by atoms with Gasteiger partial charge in [0.05, 0.1) is 5.69 Å². The first kappa shape index (κ1) is 12.2. The van der Waals surface area contributed by atoms with Gasteiger partial charge >= 0.3 is 0 Å². The van der Waals surface area contributed by atoms with E-state index in [4.69, 9.17) is 0 Å². The maximum absolute atomic E-state index is 4.51. The normalized spacial score (nSPS) is 19.7. The Morgan fingerprint density at radius 1 is 1.28 bits per heavy atom. The van der Waals surface area contributed by atoms with Crippen LogP contribution in [0.2, 0.25) is 0 Å². The molecule has 0 spiro atoms. The molecule has 0 amide bonds. The van der Waals surface area contributed by atoms with Crippen LogP contribution in [0, 0.1) is 25.7 Å². The number of hydrogen-bond acceptors (Lipinski definition) is 2. The van der Waals surface area contributed by atoms with E-state index in [1.54, 1.807) is 0 Å². The Morgan fingerprint density at radius 2 is 1.94 bits per heavy atom. The lowest BCUT2D eigenvalue weighted by Crippen LogP contribution is -2.34. The number of hydrogen-bond donors (Lipinski definition) is 1. The van der Waals surface area contributed by atoms with E-state index in [9.17, 15) is 0 Å². The van der Waals surface area contributed by atoms with E-state index in [0.29, 0.717) is 0 Å². The predicted octanol–water partition coefficient (Wildman–Crippen LogP) is 2.67. The average molecular weight is 247 g/mol. The summed E-state index contributed by atoms with van der Waals surface area (Å²) in [4.78, 5) is 0. The molecule has 1 aromatic heterocycles. The molecule has 0 bridgehead atoms. The molecule has 2 saturated carbocycles. The minimum Gasteiger partial charge on any atom is -0.313 e. The molecule has 0 saturated heterocycles. The lowest BCUT2D eigenvalue weighted by molar-refractivity contribution is 0.403. The van der Waals surface area contributed by atoms with Gasteiger partial charge < -0.3 is 5.32 Å². The summed E-state index contributed by atoms with van der Waals surface area (Å²) in [5, 5.41) is 8.31. The second kappa shape index (κ2) is 5.04. The molecule has 1 heterocycles. The summed E-state index contributed by atoms with van der Waals surface area (Å²) in [6.45, 7) is 6.41. The Hall–Kier alpha value is -0.830. The summed E-state index contributed by atoms with van der Waals surface area (Å²) < 4.78 is 2.14. The molecule has 3 heteroatoms. The Labute approximate surface area is 110 Å². The maximum Gasteiger partial charge on any atom is 0.0596 e. The molecule has 18 heavy (non-hydrogen) atoms. The number of nitrogens with one attached hydrogen (secondary N) is 1. The van der Waals surface area contributed by atoms with Crippen LogP contribution in [0.25, 0.3) is 0 Å². The molecule has 3 nitrogen and oxygen atoms in total. The van der Waals surface area contributed by atoms with Crippen molar-refractivity contribution >= 4 is 0 Å². The number of nitrogens with zero attached hydrogens (tertiary/aromatic N) is 2. The third kappa shape index (κ3) is 2.94. The lowest BCUT2D eigenvalue weighted by atomic mass is 10.1. The predicted molar refractivity (Wildman–Crippen MR) is 73.6 cm³/mol. The summed E-state index contributed by atoms with van der Waals surface area (Å²) in [6, 6.07) is 3.00. The van der Waals surface area contributed by atoms with Gasteiger partial charge in [0, 0.05) is 18.3 Å². The molecule has 2 aliphatic rings. The van der Waals surface area contributed by atoms with E-state index in [0.717, 1.165) is 36.7 Å². The van der Waals surface area contributed by atoms with Gasteiger partial charge in [0.2, 0.25) is 0 Å². The van der Waals surface area contributed by atoms with E-state index in [1.165, 1.54) is 37.8 Å². The van der Waals surface area contributed by atoms with Crippen molar-refractivity contribution in [3.8, 4) is 0 Å². The maximum atomic E-state index is 4.51. The van der Waals surface area contributed by atoms with Crippen LogP contribution >= 0.6 is 0 Å². The van der Waals surface area contributed by atoms with Crippen LogP contribution in [0.15, 0.2) is 6.07 Å². The average Bonchev–Trinajstić information content (AvgIpc) is 3.21. The number of rotatable bonds is 7. The van der Waals surface area contributed by atoms with Gasteiger partial charge in [-0.3, -0.25) is 4.68 Å². The van der Waals surface area contributed by atoms with E-state index in [-0.39, 0.29) is 0 Å². The molecule has 0 unspecified atom stereocenters. The van der Waals surface area contributed by atoms with Crippen LogP contribution in [-0.4, -0.2) is 22.4 Å². The van der Waals surface area contributed by atoms with Crippen molar-refractivity contribution in [2.24, 2.45) is 11.8 Å². The zero-order chi connectivity index (χ0) is 12.5. The summed E-state index contributed by atoms with van der Waals surface area (Å²) >= 11 is 0. The lowest BCUT2D eigenvalue weighted by Gasteiger charge is -2.17. The van der Waals surface area contributed by atoms with Gasteiger partial charge in [-0.1, -0.05) is 0 Å². The molecule has 0 radical (unpaired) electrons. The Bertz CT molecular complexity index is 390. The highest BCUT2D eigenvalue weighted by Crippen LogP contribution is 2.44. The highest BCUT2D eigenvalue weighted by molar-refractivity contribution is 5.06. The van der Waals surface area contributed by atoms with Crippen molar-refractivity contribution in [2.45, 2.75) is 58.5 Å². The first-order valence-electron chi connectivity index (χ1n) is 7.48. The number of aryl methyl sites for hydroxylation is 3. The second-order valence-electron chi connectivity index (χ2n) is 6.16. The third-order valence-electron chi connectivity index (χ3n) is 4.29. The van der Waals surface area contributed by atoms with E-state index in [2.05, 4.69) is 35.0 Å². The van der Waals surface area contributed by atoms with Crippen molar-refractivity contribution in [1.29, 1.82) is 0 Å². The minimum atomic E-state index is 0.838. The zero-order valence-corrected chi connectivity index (χ0v) is 11.7. The van der Waals surface area contributed by atoms with Gasteiger partial charge in [-0.05, 0) is 70.4 Å². The van der Waals surface area contributed by atoms with Crippen LogP contribution in [0.3, 0.4) is 0 Å². The third-order valence-corrected chi connectivity index (χ3v) is 4.29. The largest absolute Gasteiger partial charge is 0.313 e. The van der Waals surface area contributed by atoms with Gasteiger partial charge in [-0.25, -0.2) is 0 Å². The van der Waals surface area contributed by atoms with E-state index in [1.807, 2.05) is 0 Å². The fourth-order valence-corrected chi connectivity index (χ4v) is 3.03. The van der Waals surface area contributed by atoms with Crippen LogP contribution < -0.4 is 5.32 Å². The number of aromatic nitrogens is 2. The highest BCUT2D eigenvalue weighted by Gasteiger charge is 2.40. The van der Waals surface area contributed by atoms with Crippen molar-refractivity contribution in [1.82, 2.24) is 15.1 Å². The smallest absolute Gasteiger partial charge is 0.0596 e. The fraction of sp³-hybridized carbons (Fsp3) is 0.800. The molecule has 2 fully saturated rings. The van der Waals surface area contributed by atoms with Gasteiger partial charge in [0.15, 0.2) is 0 Å². The molecule has 1 aromatic rings. The van der Waals surface area contributed by atoms with Gasteiger partial charge in [-0.15, -0.1) is 0 Å². The van der Waals surface area contributed by atoms with Crippen LogP contribution in [0.1, 0.15) is 43.5 Å². The molecular weight excluding hydrogens is 222 g/mol. The molecule has 0 aliphatic heterocycles. The summed E-state index contributed by atoms with van der Waals surface area (Å²) in [7, 11) is 0. The zero-order valence-electron chi connectivity index (χ0n) is 11.7. The fourth-order valence-electron chi connectivity index (χ4n) is 3.03. The molecule has 2 aliphatic carbocycles. The van der Waals surface area contributed by atoms with Crippen molar-refractivity contribution in [3.05, 3.63) is 17.5 Å². The SMILES string of the molecule is Cc1cc(C)n(CCCNC(C2CC2)C2CC2)n1. The highest BCUT2D eigenvalue weighted by atomic mass is 15.3. The van der Waals surface area contributed by atoms with Crippen molar-refractivity contribution < 1.29 is 0 Å². The summed E-state index contributed by atoms with van der Waals surface area (Å²) in [5.74, 6) is 2.01. The minimum absolute atomic E-state index is 0.838. The molecule has 100 valence electrons.